The van der Waals surface area contributed by atoms with Crippen molar-refractivity contribution in [2.75, 3.05) is 13.1 Å². The van der Waals surface area contributed by atoms with E-state index in [1.54, 1.807) is 12.1 Å². The van der Waals surface area contributed by atoms with Crippen LogP contribution in [0.15, 0.2) is 22.7 Å². The molecule has 0 aliphatic carbocycles. The molecule has 4 heteroatoms. The average molecular weight is 246 g/mol. The zero-order valence-corrected chi connectivity index (χ0v) is 8.44. The molecule has 1 aromatic carbocycles. The summed E-state index contributed by atoms with van der Waals surface area (Å²) in [5.74, 6) is -0.335. The van der Waals surface area contributed by atoms with E-state index in [-0.39, 0.29) is 5.82 Å². The first kappa shape index (κ1) is 9.12. The lowest BCUT2D eigenvalue weighted by Crippen LogP contribution is -2.56. The largest absolute Gasteiger partial charge is 0.382 e. The van der Waals surface area contributed by atoms with Crippen molar-refractivity contribution in [1.82, 2.24) is 5.32 Å². The summed E-state index contributed by atoms with van der Waals surface area (Å²) >= 11 is 3.06. The smallest absolute Gasteiger partial charge is 0.137 e. The Bertz CT molecular complexity index is 338. The van der Waals surface area contributed by atoms with Crippen LogP contribution in [0.2, 0.25) is 0 Å². The van der Waals surface area contributed by atoms with E-state index >= 15 is 0 Å². The van der Waals surface area contributed by atoms with E-state index in [1.807, 2.05) is 0 Å². The summed E-state index contributed by atoms with van der Waals surface area (Å²) in [5, 5.41) is 12.8. The third-order valence-corrected chi connectivity index (χ3v) is 2.93. The van der Waals surface area contributed by atoms with Crippen LogP contribution in [-0.4, -0.2) is 18.2 Å². The molecule has 1 heterocycles. The van der Waals surface area contributed by atoms with E-state index < -0.39 is 5.60 Å². The molecule has 0 aromatic heterocycles. The molecule has 1 saturated heterocycles. The van der Waals surface area contributed by atoms with Gasteiger partial charge in [0, 0.05) is 13.1 Å². The molecule has 13 heavy (non-hydrogen) atoms. The van der Waals surface area contributed by atoms with Crippen molar-refractivity contribution in [2.24, 2.45) is 0 Å². The van der Waals surface area contributed by atoms with Crippen LogP contribution in [0, 0.1) is 5.82 Å². The Balaban J connectivity index is 2.36. The second kappa shape index (κ2) is 3.04. The minimum atomic E-state index is -0.873. The summed E-state index contributed by atoms with van der Waals surface area (Å²) < 4.78 is 13.5. The standard InChI is InChI=1S/C9H9BrFNO/c10-7-2-1-6(3-8(7)11)9(13)4-12-5-9/h1-3,12-13H,4-5H2. The second-order valence-electron chi connectivity index (χ2n) is 3.26. The van der Waals surface area contributed by atoms with Crippen LogP contribution in [0.1, 0.15) is 5.56 Å². The number of hydrogen-bond acceptors (Lipinski definition) is 2. The van der Waals surface area contributed by atoms with E-state index in [1.165, 1.54) is 6.07 Å². The number of hydrogen-bond donors (Lipinski definition) is 2. The number of nitrogens with one attached hydrogen (secondary N) is 1. The van der Waals surface area contributed by atoms with Gasteiger partial charge in [-0.25, -0.2) is 4.39 Å². The van der Waals surface area contributed by atoms with Gasteiger partial charge in [0.15, 0.2) is 0 Å². The van der Waals surface area contributed by atoms with Crippen LogP contribution in [0.3, 0.4) is 0 Å². The zero-order chi connectivity index (χ0) is 9.47. The number of β-amino-alcohol motifs (C(OH)–C–C–N with tert-alkyl or cyclic N) is 1. The lowest BCUT2D eigenvalue weighted by atomic mass is 9.88. The van der Waals surface area contributed by atoms with Gasteiger partial charge in [-0.3, -0.25) is 0 Å². The zero-order valence-electron chi connectivity index (χ0n) is 6.85. The molecule has 2 nitrogen and oxygen atoms in total. The summed E-state index contributed by atoms with van der Waals surface area (Å²) in [6, 6.07) is 4.71. The van der Waals surface area contributed by atoms with Gasteiger partial charge < -0.3 is 10.4 Å². The molecule has 0 radical (unpaired) electrons. The highest BCUT2D eigenvalue weighted by Crippen LogP contribution is 2.27. The van der Waals surface area contributed by atoms with Crippen LogP contribution in [0.25, 0.3) is 0 Å². The molecule has 0 bridgehead atoms. The normalized spacial score (nSPS) is 19.6. The first-order valence-corrected chi connectivity index (χ1v) is 4.80. The van der Waals surface area contributed by atoms with E-state index in [0.29, 0.717) is 23.1 Å². The van der Waals surface area contributed by atoms with Gasteiger partial charge in [-0.05, 0) is 33.6 Å². The maximum absolute atomic E-state index is 13.1. The molecular weight excluding hydrogens is 237 g/mol. The number of aliphatic hydroxyl groups is 1. The van der Waals surface area contributed by atoms with Crippen molar-refractivity contribution in [3.8, 4) is 0 Å². The minimum absolute atomic E-state index is 0.335. The second-order valence-corrected chi connectivity index (χ2v) is 4.12. The molecule has 0 amide bonds. The first-order valence-electron chi connectivity index (χ1n) is 4.00. The Morgan fingerprint density at radius 3 is 2.62 bits per heavy atom. The van der Waals surface area contributed by atoms with Gasteiger partial charge in [-0.1, -0.05) is 6.07 Å². The molecule has 2 rings (SSSR count). The van der Waals surface area contributed by atoms with Crippen LogP contribution in [-0.2, 0) is 5.60 Å². The van der Waals surface area contributed by atoms with Crippen molar-refractivity contribution in [1.29, 1.82) is 0 Å². The molecule has 0 saturated carbocycles. The highest BCUT2D eigenvalue weighted by molar-refractivity contribution is 9.10. The fourth-order valence-corrected chi connectivity index (χ4v) is 1.60. The van der Waals surface area contributed by atoms with Crippen LogP contribution in [0.4, 0.5) is 4.39 Å². The molecule has 70 valence electrons. The highest BCUT2D eigenvalue weighted by Gasteiger charge is 2.36. The molecule has 1 aromatic rings. The summed E-state index contributed by atoms with van der Waals surface area (Å²) in [6.45, 7) is 0.988. The van der Waals surface area contributed by atoms with E-state index in [9.17, 15) is 9.50 Å². The minimum Gasteiger partial charge on any atom is -0.382 e. The molecule has 0 spiro atoms. The topological polar surface area (TPSA) is 32.3 Å². The highest BCUT2D eigenvalue weighted by atomic mass is 79.9. The molecule has 1 aliphatic heterocycles. The van der Waals surface area contributed by atoms with Crippen LogP contribution in [0.5, 0.6) is 0 Å². The summed E-state index contributed by atoms with van der Waals surface area (Å²) in [5.41, 5.74) is -0.242. The molecule has 2 N–H and O–H groups in total. The summed E-state index contributed by atoms with van der Waals surface area (Å²) in [6.07, 6.45) is 0. The molecule has 0 unspecified atom stereocenters. The van der Waals surface area contributed by atoms with Crippen molar-refractivity contribution in [2.45, 2.75) is 5.60 Å². The SMILES string of the molecule is OC1(c2ccc(Br)c(F)c2)CNC1. The van der Waals surface area contributed by atoms with Crippen LogP contribution < -0.4 is 5.32 Å². The molecular formula is C9H9BrFNO. The van der Waals surface area contributed by atoms with Gasteiger partial charge in [0.2, 0.25) is 0 Å². The quantitative estimate of drug-likeness (QED) is 0.784. The Kier molecular flexibility index (Phi) is 2.14. The lowest BCUT2D eigenvalue weighted by molar-refractivity contribution is -0.0149. The van der Waals surface area contributed by atoms with Gasteiger partial charge in [-0.15, -0.1) is 0 Å². The molecule has 0 atom stereocenters. The van der Waals surface area contributed by atoms with Crippen LogP contribution >= 0.6 is 15.9 Å². The Morgan fingerprint density at radius 2 is 2.15 bits per heavy atom. The van der Waals surface area contributed by atoms with E-state index in [0.717, 1.165) is 0 Å². The fourth-order valence-electron chi connectivity index (χ4n) is 1.35. The average Bonchev–Trinajstić information content (AvgIpc) is 2.06. The van der Waals surface area contributed by atoms with Crippen molar-refractivity contribution < 1.29 is 9.50 Å². The molecule has 1 fully saturated rings. The monoisotopic (exact) mass is 245 g/mol. The third-order valence-electron chi connectivity index (χ3n) is 2.29. The number of rotatable bonds is 1. The van der Waals surface area contributed by atoms with Gasteiger partial charge in [0.25, 0.3) is 0 Å². The summed E-state index contributed by atoms with van der Waals surface area (Å²) in [4.78, 5) is 0. The molecule has 1 aliphatic rings. The Hall–Kier alpha value is -0.450. The van der Waals surface area contributed by atoms with E-state index in [4.69, 9.17) is 0 Å². The Labute approximate surface area is 83.9 Å². The fraction of sp³-hybridized carbons (Fsp3) is 0.333. The predicted molar refractivity (Wildman–Crippen MR) is 50.9 cm³/mol. The predicted octanol–water partition coefficient (Wildman–Crippen LogP) is 1.38. The lowest BCUT2D eigenvalue weighted by Gasteiger charge is -2.38. The van der Waals surface area contributed by atoms with Crippen molar-refractivity contribution in [3.63, 3.8) is 0 Å². The van der Waals surface area contributed by atoms with Gasteiger partial charge in [0.05, 0.1) is 4.47 Å². The van der Waals surface area contributed by atoms with Gasteiger partial charge >= 0.3 is 0 Å². The number of benzene rings is 1. The maximum Gasteiger partial charge on any atom is 0.137 e. The Morgan fingerprint density at radius 1 is 1.46 bits per heavy atom. The number of halogens is 2. The summed E-state index contributed by atoms with van der Waals surface area (Å²) in [7, 11) is 0. The van der Waals surface area contributed by atoms with E-state index in [2.05, 4.69) is 21.2 Å². The van der Waals surface area contributed by atoms with Gasteiger partial charge in [0.1, 0.15) is 11.4 Å². The van der Waals surface area contributed by atoms with Gasteiger partial charge in [-0.2, -0.15) is 0 Å². The third kappa shape index (κ3) is 1.49. The van der Waals surface area contributed by atoms with Crippen molar-refractivity contribution >= 4 is 15.9 Å². The van der Waals surface area contributed by atoms with Crippen molar-refractivity contribution in [3.05, 3.63) is 34.1 Å². The first-order chi connectivity index (χ1) is 6.12. The maximum atomic E-state index is 13.1.